The maximum absolute atomic E-state index is 12.4. The number of methoxy groups -OCH3 is 2. The molecule has 0 aromatic heterocycles. The molecule has 0 unspecified atom stereocenters. The molecule has 0 radical (unpaired) electrons. The normalized spacial score (nSPS) is 14.5. The molecule has 28 heavy (non-hydrogen) atoms. The van der Waals surface area contributed by atoms with Crippen molar-refractivity contribution in [3.8, 4) is 11.5 Å². The van der Waals surface area contributed by atoms with E-state index in [2.05, 4.69) is 14.2 Å². The summed E-state index contributed by atoms with van der Waals surface area (Å²) in [7, 11) is 0.241. The number of hydrogen-bond acceptors (Lipinski definition) is 8. The van der Waals surface area contributed by atoms with Gasteiger partial charge in [-0.3, -0.25) is 0 Å². The van der Waals surface area contributed by atoms with Crippen LogP contribution in [-0.4, -0.2) is 57.8 Å². The molecule has 0 bridgehead atoms. The molecule has 1 N–H and O–H groups in total. The van der Waals surface area contributed by atoms with Gasteiger partial charge in [0.25, 0.3) is 10.0 Å². The number of esters is 1. The van der Waals surface area contributed by atoms with Crippen LogP contribution in [0, 0.1) is 0 Å². The molecule has 0 atom stereocenters. The summed E-state index contributed by atoms with van der Waals surface area (Å²) >= 11 is 0. The fourth-order valence-electron chi connectivity index (χ4n) is 2.59. The smallest absolute Gasteiger partial charge is 0.337 e. The number of phenolic OH excluding ortho intramolecular Hbond substituents is 1. The number of amidine groups is 1. The van der Waals surface area contributed by atoms with Crippen molar-refractivity contribution in [2.75, 3.05) is 21.3 Å². The zero-order valence-corrected chi connectivity index (χ0v) is 16.1. The number of hydrazone groups is 1. The minimum absolute atomic E-state index is 0.00500. The molecular weight excluding hydrogens is 386 g/mol. The summed E-state index contributed by atoms with van der Waals surface area (Å²) in [4.78, 5) is 11.6. The van der Waals surface area contributed by atoms with Gasteiger partial charge in [0.05, 0.1) is 26.0 Å². The Labute approximate surface area is 161 Å². The fraction of sp³-hybridized carbons (Fsp3) is 0.167. The van der Waals surface area contributed by atoms with Gasteiger partial charge in [-0.25, -0.2) is 9.80 Å². The van der Waals surface area contributed by atoms with E-state index in [9.17, 15) is 18.3 Å². The number of hydrogen-bond donors (Lipinski definition) is 1. The second-order valence-electron chi connectivity index (χ2n) is 5.79. The average molecular weight is 403 g/mol. The SMILES string of the molecule is COC(=O)c1ccc2c(c1)S(=O)(=O)N=C2N(C)N=Cc1ccc(O)c(OC)c1. The van der Waals surface area contributed by atoms with Crippen LogP contribution in [0.25, 0.3) is 0 Å². The molecule has 0 saturated heterocycles. The van der Waals surface area contributed by atoms with Crippen LogP contribution in [0.3, 0.4) is 0 Å². The zero-order chi connectivity index (χ0) is 20.5. The standard InChI is InChI=1S/C18H17N3O6S/c1-21(19-10-11-4-7-14(22)15(8-11)26-2)17-13-6-5-12(18(23)27-3)9-16(13)28(24,25)20-17/h4-10,22H,1-3H3. The molecule has 146 valence electrons. The highest BCUT2D eigenvalue weighted by atomic mass is 32.2. The van der Waals surface area contributed by atoms with E-state index in [0.717, 1.165) is 0 Å². The summed E-state index contributed by atoms with van der Waals surface area (Å²) in [6.07, 6.45) is 1.47. The summed E-state index contributed by atoms with van der Waals surface area (Å²) in [6.45, 7) is 0. The predicted molar refractivity (Wildman–Crippen MR) is 102 cm³/mol. The van der Waals surface area contributed by atoms with Gasteiger partial charge in [-0.1, -0.05) is 0 Å². The van der Waals surface area contributed by atoms with Crippen LogP contribution >= 0.6 is 0 Å². The van der Waals surface area contributed by atoms with Crippen molar-refractivity contribution in [3.63, 3.8) is 0 Å². The van der Waals surface area contributed by atoms with Crippen LogP contribution in [-0.2, 0) is 14.8 Å². The third-order valence-corrected chi connectivity index (χ3v) is 5.33. The first-order chi connectivity index (χ1) is 13.3. The van der Waals surface area contributed by atoms with Crippen molar-refractivity contribution in [2.24, 2.45) is 9.50 Å². The van der Waals surface area contributed by atoms with Gasteiger partial charge in [0.1, 0.15) is 4.90 Å². The topological polar surface area (TPSA) is 118 Å². The third kappa shape index (κ3) is 3.54. The Hall–Kier alpha value is -3.40. The van der Waals surface area contributed by atoms with E-state index in [1.54, 1.807) is 19.2 Å². The van der Waals surface area contributed by atoms with Crippen molar-refractivity contribution >= 4 is 28.0 Å². The summed E-state index contributed by atoms with van der Waals surface area (Å²) in [5, 5.41) is 15.1. The maximum Gasteiger partial charge on any atom is 0.337 e. The van der Waals surface area contributed by atoms with E-state index in [1.165, 1.54) is 49.7 Å². The molecule has 3 rings (SSSR count). The lowest BCUT2D eigenvalue weighted by Gasteiger charge is -2.13. The van der Waals surface area contributed by atoms with E-state index in [4.69, 9.17) is 4.74 Å². The van der Waals surface area contributed by atoms with Crippen molar-refractivity contribution in [1.82, 2.24) is 5.01 Å². The molecule has 1 heterocycles. The van der Waals surface area contributed by atoms with E-state index in [-0.39, 0.29) is 27.8 Å². The molecule has 2 aromatic rings. The predicted octanol–water partition coefficient (Wildman–Crippen LogP) is 1.60. The van der Waals surface area contributed by atoms with Gasteiger partial charge >= 0.3 is 5.97 Å². The summed E-state index contributed by atoms with van der Waals surface area (Å²) < 4.78 is 38.1. The first-order valence-corrected chi connectivity index (χ1v) is 9.43. The van der Waals surface area contributed by atoms with Crippen LogP contribution in [0.4, 0.5) is 0 Å². The van der Waals surface area contributed by atoms with Crippen molar-refractivity contribution in [1.29, 1.82) is 0 Å². The Kier molecular flexibility index (Phi) is 5.06. The van der Waals surface area contributed by atoms with Crippen molar-refractivity contribution in [3.05, 3.63) is 53.1 Å². The van der Waals surface area contributed by atoms with E-state index in [1.807, 2.05) is 0 Å². The van der Waals surface area contributed by atoms with Gasteiger partial charge < -0.3 is 14.6 Å². The number of sulfonamides is 1. The molecule has 2 aromatic carbocycles. The van der Waals surface area contributed by atoms with Crippen LogP contribution in [0.15, 0.2) is 50.8 Å². The van der Waals surface area contributed by atoms with Gasteiger partial charge in [-0.15, -0.1) is 4.40 Å². The van der Waals surface area contributed by atoms with Gasteiger partial charge in [0.2, 0.25) is 0 Å². The zero-order valence-electron chi connectivity index (χ0n) is 15.3. The largest absolute Gasteiger partial charge is 0.504 e. The molecule has 0 saturated carbocycles. The summed E-state index contributed by atoms with van der Waals surface area (Å²) in [5.74, 6) is -0.241. The number of rotatable bonds is 4. The Morgan fingerprint density at radius 2 is 1.96 bits per heavy atom. The lowest BCUT2D eigenvalue weighted by Crippen LogP contribution is -2.21. The number of ether oxygens (including phenoxy) is 2. The van der Waals surface area contributed by atoms with Crippen LogP contribution in [0.5, 0.6) is 11.5 Å². The number of nitrogens with zero attached hydrogens (tertiary/aromatic N) is 3. The lowest BCUT2D eigenvalue weighted by atomic mass is 10.1. The Morgan fingerprint density at radius 1 is 1.21 bits per heavy atom. The second kappa shape index (κ2) is 7.31. The molecule has 0 fully saturated rings. The highest BCUT2D eigenvalue weighted by molar-refractivity contribution is 7.90. The molecule has 0 aliphatic carbocycles. The summed E-state index contributed by atoms with van der Waals surface area (Å²) in [5.41, 5.74) is 1.07. The van der Waals surface area contributed by atoms with Gasteiger partial charge in [0.15, 0.2) is 17.3 Å². The molecule has 9 nitrogen and oxygen atoms in total. The fourth-order valence-corrected chi connectivity index (χ4v) is 3.85. The first kappa shape index (κ1) is 19.4. The molecule has 0 amide bonds. The summed E-state index contributed by atoms with van der Waals surface area (Å²) in [6, 6.07) is 8.84. The second-order valence-corrected chi connectivity index (χ2v) is 7.36. The Bertz CT molecular complexity index is 1110. The minimum Gasteiger partial charge on any atom is -0.504 e. The van der Waals surface area contributed by atoms with Crippen LogP contribution in [0.1, 0.15) is 21.5 Å². The van der Waals surface area contributed by atoms with E-state index >= 15 is 0 Å². The van der Waals surface area contributed by atoms with E-state index < -0.39 is 16.0 Å². The molecular formula is C18H17N3O6S. The number of fused-ring (bicyclic) bond motifs is 1. The average Bonchev–Trinajstić information content (AvgIpc) is 2.97. The molecule has 1 aliphatic heterocycles. The van der Waals surface area contributed by atoms with Crippen molar-refractivity contribution < 1.29 is 27.8 Å². The first-order valence-electron chi connectivity index (χ1n) is 7.99. The minimum atomic E-state index is -3.95. The molecule has 10 heteroatoms. The van der Waals surface area contributed by atoms with Crippen LogP contribution < -0.4 is 4.74 Å². The monoisotopic (exact) mass is 403 g/mol. The number of carbonyl (C=O) groups is 1. The van der Waals surface area contributed by atoms with E-state index in [0.29, 0.717) is 11.1 Å². The molecule has 0 spiro atoms. The van der Waals surface area contributed by atoms with Gasteiger partial charge in [0, 0.05) is 12.6 Å². The quantitative estimate of drug-likeness (QED) is 0.468. The van der Waals surface area contributed by atoms with Gasteiger partial charge in [-0.2, -0.15) is 13.5 Å². The number of phenols is 1. The third-order valence-electron chi connectivity index (χ3n) is 4.02. The van der Waals surface area contributed by atoms with Crippen LogP contribution in [0.2, 0.25) is 0 Å². The highest BCUT2D eigenvalue weighted by Crippen LogP contribution is 2.29. The maximum atomic E-state index is 12.4. The number of aromatic hydroxyl groups is 1. The number of benzene rings is 2. The van der Waals surface area contributed by atoms with Crippen molar-refractivity contribution in [2.45, 2.75) is 4.90 Å². The Morgan fingerprint density at radius 3 is 2.64 bits per heavy atom. The lowest BCUT2D eigenvalue weighted by molar-refractivity contribution is 0.0600. The number of carbonyl (C=O) groups excluding carboxylic acids is 1. The van der Waals surface area contributed by atoms with Gasteiger partial charge in [-0.05, 0) is 42.0 Å². The highest BCUT2D eigenvalue weighted by Gasteiger charge is 2.32. The Balaban J connectivity index is 1.92. The molecule has 1 aliphatic rings.